The lowest BCUT2D eigenvalue weighted by Gasteiger charge is -2.29. The second-order valence-corrected chi connectivity index (χ2v) is 8.82. The Morgan fingerprint density at radius 1 is 1.03 bits per heavy atom. The minimum Gasteiger partial charge on any atom is -0.388 e. The van der Waals surface area contributed by atoms with E-state index < -0.39 is 23.2 Å². The Kier molecular flexibility index (Phi) is 6.55. The molecule has 2 N–H and O–H groups in total. The van der Waals surface area contributed by atoms with E-state index in [0.29, 0.717) is 31.4 Å². The number of anilines is 2. The van der Waals surface area contributed by atoms with Gasteiger partial charge in [0.25, 0.3) is 0 Å². The minimum atomic E-state index is -4.39. The van der Waals surface area contributed by atoms with Crippen molar-refractivity contribution in [2.75, 3.05) is 23.3 Å². The van der Waals surface area contributed by atoms with Crippen molar-refractivity contribution in [2.45, 2.75) is 69.2 Å². The van der Waals surface area contributed by atoms with E-state index in [-0.39, 0.29) is 24.2 Å². The molecule has 4 rings (SSSR count). The maximum absolute atomic E-state index is 15.3. The van der Waals surface area contributed by atoms with Gasteiger partial charge in [0.2, 0.25) is 5.82 Å². The zero-order chi connectivity index (χ0) is 22.8. The van der Waals surface area contributed by atoms with Crippen LogP contribution in [0.2, 0.25) is 0 Å². The van der Waals surface area contributed by atoms with Gasteiger partial charge in [0, 0.05) is 13.1 Å². The van der Waals surface area contributed by atoms with Crippen LogP contribution in [-0.4, -0.2) is 33.8 Å². The van der Waals surface area contributed by atoms with Crippen molar-refractivity contribution in [3.63, 3.8) is 0 Å². The molecule has 5 nitrogen and oxygen atoms in total. The fourth-order valence-electron chi connectivity index (χ4n) is 4.76. The molecule has 0 amide bonds. The number of aromatic nitrogens is 2. The summed E-state index contributed by atoms with van der Waals surface area (Å²) < 4.78 is 54.0. The average Bonchev–Trinajstić information content (AvgIpc) is 3.14. The zero-order valence-electron chi connectivity index (χ0n) is 17.8. The number of rotatable bonds is 5. The summed E-state index contributed by atoms with van der Waals surface area (Å²) in [5, 5.41) is 13.8. The summed E-state index contributed by atoms with van der Waals surface area (Å²) in [6, 6.07) is 4.75. The number of aliphatic hydroxyl groups is 1. The Labute approximate surface area is 184 Å². The van der Waals surface area contributed by atoms with Gasteiger partial charge in [-0.1, -0.05) is 37.8 Å². The minimum absolute atomic E-state index is 0.0331. The molecule has 0 bridgehead atoms. The Morgan fingerprint density at radius 3 is 2.38 bits per heavy atom. The summed E-state index contributed by atoms with van der Waals surface area (Å²) in [5.74, 6) is -0.452. The predicted molar refractivity (Wildman–Crippen MR) is 114 cm³/mol. The molecule has 0 spiro atoms. The van der Waals surface area contributed by atoms with Crippen molar-refractivity contribution in [2.24, 2.45) is 0 Å². The molecule has 2 heterocycles. The maximum Gasteiger partial charge on any atom is 0.416 e. The second kappa shape index (κ2) is 9.21. The highest BCUT2D eigenvalue weighted by atomic mass is 19.4. The lowest BCUT2D eigenvalue weighted by Crippen LogP contribution is -2.36. The molecule has 32 heavy (non-hydrogen) atoms. The molecule has 2 fully saturated rings. The molecule has 1 saturated heterocycles. The topological polar surface area (TPSA) is 61.3 Å². The Hall–Kier alpha value is -2.42. The van der Waals surface area contributed by atoms with E-state index in [2.05, 4.69) is 15.3 Å². The van der Waals surface area contributed by atoms with E-state index in [1.165, 1.54) is 18.5 Å². The van der Waals surface area contributed by atoms with Gasteiger partial charge in [-0.15, -0.1) is 0 Å². The molecule has 174 valence electrons. The molecule has 1 aliphatic carbocycles. The Bertz CT molecular complexity index is 911. The number of halogens is 4. The van der Waals surface area contributed by atoms with Crippen LogP contribution in [0.15, 0.2) is 30.6 Å². The summed E-state index contributed by atoms with van der Waals surface area (Å²) in [4.78, 5) is 9.95. The monoisotopic (exact) mass is 452 g/mol. The van der Waals surface area contributed by atoms with Gasteiger partial charge in [-0.2, -0.15) is 17.6 Å². The smallest absolute Gasteiger partial charge is 0.388 e. The van der Waals surface area contributed by atoms with Crippen LogP contribution in [0.25, 0.3) is 0 Å². The van der Waals surface area contributed by atoms with Crippen molar-refractivity contribution in [3.8, 4) is 0 Å². The fraction of sp³-hybridized carbons (Fsp3) is 0.565. The number of alkyl halides is 3. The van der Waals surface area contributed by atoms with Gasteiger partial charge in [0.05, 0.1) is 17.2 Å². The maximum atomic E-state index is 15.3. The number of nitrogens with zero attached hydrogens (tertiary/aromatic N) is 3. The van der Waals surface area contributed by atoms with E-state index >= 15 is 4.39 Å². The van der Waals surface area contributed by atoms with E-state index in [9.17, 15) is 18.3 Å². The van der Waals surface area contributed by atoms with Crippen LogP contribution in [0.4, 0.5) is 29.2 Å². The molecule has 9 heteroatoms. The quantitative estimate of drug-likeness (QED) is 0.465. The van der Waals surface area contributed by atoms with Crippen LogP contribution in [0.3, 0.4) is 0 Å². The molecule has 1 aromatic carbocycles. The molecule has 1 saturated carbocycles. The molecule has 1 aliphatic heterocycles. The van der Waals surface area contributed by atoms with E-state index in [1.54, 1.807) is 4.90 Å². The first-order valence-electron chi connectivity index (χ1n) is 11.2. The van der Waals surface area contributed by atoms with Crippen molar-refractivity contribution in [1.82, 2.24) is 9.97 Å². The molecule has 1 aromatic heterocycles. The zero-order valence-corrected chi connectivity index (χ0v) is 17.8. The standard InChI is InChI=1S/C23H28F4N4O/c24-19-20(28-14-22(32)11-3-1-2-4-12-22)29-15-30-21(19)31-13-5-6-18(31)16-7-9-17(10-8-16)23(25,26)27/h7-10,15,18,32H,1-6,11-14H2,(H,28,29,30). The Balaban J connectivity index is 1.51. The predicted octanol–water partition coefficient (Wildman–Crippen LogP) is 5.47. The third-order valence-corrected chi connectivity index (χ3v) is 6.54. The lowest BCUT2D eigenvalue weighted by molar-refractivity contribution is -0.137. The van der Waals surface area contributed by atoms with Crippen molar-refractivity contribution in [3.05, 3.63) is 47.5 Å². The second-order valence-electron chi connectivity index (χ2n) is 8.82. The summed E-state index contributed by atoms with van der Waals surface area (Å²) in [5.41, 5.74) is -0.900. The summed E-state index contributed by atoms with van der Waals surface area (Å²) >= 11 is 0. The molecule has 0 radical (unpaired) electrons. The lowest BCUT2D eigenvalue weighted by atomic mass is 9.94. The Morgan fingerprint density at radius 2 is 1.72 bits per heavy atom. The van der Waals surface area contributed by atoms with E-state index in [0.717, 1.165) is 44.2 Å². The molecule has 2 aliphatic rings. The highest BCUT2D eigenvalue weighted by Crippen LogP contribution is 2.38. The molecular formula is C23H28F4N4O. The first kappa shape index (κ1) is 22.8. The van der Waals surface area contributed by atoms with Crippen LogP contribution < -0.4 is 10.2 Å². The van der Waals surface area contributed by atoms with Crippen molar-refractivity contribution < 1.29 is 22.7 Å². The third-order valence-electron chi connectivity index (χ3n) is 6.54. The van der Waals surface area contributed by atoms with E-state index in [1.807, 2.05) is 0 Å². The molecule has 2 aromatic rings. The SMILES string of the molecule is OC1(CNc2ncnc(N3CCCC3c3ccc(C(F)(F)F)cc3)c2F)CCCCCC1. The van der Waals surface area contributed by atoms with Crippen molar-refractivity contribution in [1.29, 1.82) is 0 Å². The van der Waals surface area contributed by atoms with Crippen molar-refractivity contribution >= 4 is 11.6 Å². The summed E-state index contributed by atoms with van der Waals surface area (Å²) in [6.45, 7) is 0.756. The summed E-state index contributed by atoms with van der Waals surface area (Å²) in [7, 11) is 0. The van der Waals surface area contributed by atoms with Crippen LogP contribution in [-0.2, 0) is 6.18 Å². The van der Waals surface area contributed by atoms with Crippen LogP contribution in [0.1, 0.15) is 68.5 Å². The van der Waals surface area contributed by atoms with Gasteiger partial charge in [-0.05, 0) is 43.4 Å². The van der Waals surface area contributed by atoms with Gasteiger partial charge in [-0.25, -0.2) is 9.97 Å². The number of benzene rings is 1. The van der Waals surface area contributed by atoms with E-state index in [4.69, 9.17) is 0 Å². The van der Waals surface area contributed by atoms with Gasteiger partial charge < -0.3 is 15.3 Å². The largest absolute Gasteiger partial charge is 0.416 e. The highest BCUT2D eigenvalue weighted by molar-refractivity contribution is 5.53. The van der Waals surface area contributed by atoms with Gasteiger partial charge in [0.1, 0.15) is 6.33 Å². The fourth-order valence-corrected chi connectivity index (χ4v) is 4.76. The summed E-state index contributed by atoms with van der Waals surface area (Å²) in [6.07, 6.45) is 3.76. The van der Waals surface area contributed by atoms with Gasteiger partial charge >= 0.3 is 6.18 Å². The average molecular weight is 452 g/mol. The first-order chi connectivity index (χ1) is 15.3. The van der Waals surface area contributed by atoms with Gasteiger partial charge in [0.15, 0.2) is 11.6 Å². The molecular weight excluding hydrogens is 424 g/mol. The third kappa shape index (κ3) is 4.98. The molecule has 1 unspecified atom stereocenters. The number of hydrogen-bond acceptors (Lipinski definition) is 5. The first-order valence-corrected chi connectivity index (χ1v) is 11.2. The highest BCUT2D eigenvalue weighted by Gasteiger charge is 2.34. The molecule has 1 atom stereocenters. The number of hydrogen-bond donors (Lipinski definition) is 2. The normalized spacial score (nSPS) is 21.4. The van der Waals surface area contributed by atoms with Gasteiger partial charge in [-0.3, -0.25) is 0 Å². The van der Waals surface area contributed by atoms with Crippen LogP contribution >= 0.6 is 0 Å². The van der Waals surface area contributed by atoms with Crippen LogP contribution in [0, 0.1) is 5.82 Å². The van der Waals surface area contributed by atoms with Crippen LogP contribution in [0.5, 0.6) is 0 Å². The number of nitrogens with one attached hydrogen (secondary N) is 1.